The van der Waals surface area contributed by atoms with Crippen LogP contribution in [0.5, 0.6) is 5.88 Å². The van der Waals surface area contributed by atoms with Crippen LogP contribution in [0.25, 0.3) is 0 Å². The number of aromatic nitrogens is 2. The Kier molecular flexibility index (Phi) is 5.71. The highest BCUT2D eigenvalue weighted by molar-refractivity contribution is 7.07. The Labute approximate surface area is 120 Å². The van der Waals surface area contributed by atoms with Crippen LogP contribution in [0.1, 0.15) is 12.5 Å². The van der Waals surface area contributed by atoms with Gasteiger partial charge in [-0.3, -0.25) is 0 Å². The standard InChI is InChI=1S/C12H17N3O2S2/c1-9(4-10-2-3-18-8-10)13-5-11(16)7-17-12-6-14-19-15-12/h2-3,6,8-9,11,13,16H,4-5,7H2,1H3. The molecule has 0 fully saturated rings. The molecule has 19 heavy (non-hydrogen) atoms. The van der Waals surface area contributed by atoms with Crippen molar-refractivity contribution >= 4 is 23.1 Å². The van der Waals surface area contributed by atoms with Crippen LogP contribution in [0, 0.1) is 0 Å². The summed E-state index contributed by atoms with van der Waals surface area (Å²) < 4.78 is 13.0. The minimum Gasteiger partial charge on any atom is -0.473 e. The zero-order chi connectivity index (χ0) is 13.5. The Balaban J connectivity index is 1.61. The molecule has 7 heteroatoms. The number of thiophene rings is 1. The summed E-state index contributed by atoms with van der Waals surface area (Å²) in [4.78, 5) is 0. The molecule has 2 N–H and O–H groups in total. The fourth-order valence-electron chi connectivity index (χ4n) is 1.63. The third-order valence-corrected chi connectivity index (χ3v) is 3.78. The molecule has 2 heterocycles. The van der Waals surface area contributed by atoms with Gasteiger partial charge in [0.1, 0.15) is 18.9 Å². The molecule has 0 aliphatic carbocycles. The van der Waals surface area contributed by atoms with Crippen molar-refractivity contribution < 1.29 is 9.84 Å². The molecule has 0 radical (unpaired) electrons. The molecule has 0 aliphatic heterocycles. The van der Waals surface area contributed by atoms with Gasteiger partial charge in [0.25, 0.3) is 0 Å². The monoisotopic (exact) mass is 299 g/mol. The van der Waals surface area contributed by atoms with Crippen LogP contribution in [0.2, 0.25) is 0 Å². The smallest absolute Gasteiger partial charge is 0.245 e. The lowest BCUT2D eigenvalue weighted by molar-refractivity contribution is 0.102. The highest BCUT2D eigenvalue weighted by atomic mass is 32.1. The maximum Gasteiger partial charge on any atom is 0.245 e. The molecule has 2 aromatic heterocycles. The summed E-state index contributed by atoms with van der Waals surface area (Å²) in [6, 6.07) is 2.45. The average molecular weight is 299 g/mol. The third kappa shape index (κ3) is 5.23. The second-order valence-corrected chi connectivity index (χ2v) is 5.69. The molecule has 2 rings (SSSR count). The summed E-state index contributed by atoms with van der Waals surface area (Å²) in [5, 5.41) is 17.3. The van der Waals surface area contributed by atoms with Crippen LogP contribution in [0.4, 0.5) is 0 Å². The molecular formula is C12H17N3O2S2. The molecule has 2 atom stereocenters. The molecule has 0 saturated heterocycles. The van der Waals surface area contributed by atoms with Gasteiger partial charge in [0, 0.05) is 12.6 Å². The van der Waals surface area contributed by atoms with Crippen molar-refractivity contribution in [3.8, 4) is 5.88 Å². The van der Waals surface area contributed by atoms with Crippen molar-refractivity contribution in [2.45, 2.75) is 25.5 Å². The summed E-state index contributed by atoms with van der Waals surface area (Å²) in [6.07, 6.45) is 1.96. The fraction of sp³-hybridized carbons (Fsp3) is 0.500. The number of hydrogen-bond acceptors (Lipinski definition) is 7. The van der Waals surface area contributed by atoms with Crippen LogP contribution < -0.4 is 10.1 Å². The van der Waals surface area contributed by atoms with Crippen molar-refractivity contribution in [1.82, 2.24) is 14.1 Å². The summed E-state index contributed by atoms with van der Waals surface area (Å²) in [6.45, 7) is 2.84. The zero-order valence-corrected chi connectivity index (χ0v) is 12.3. The van der Waals surface area contributed by atoms with Crippen molar-refractivity contribution in [2.75, 3.05) is 13.2 Å². The Morgan fingerprint density at radius 3 is 3.11 bits per heavy atom. The van der Waals surface area contributed by atoms with Gasteiger partial charge in [0.05, 0.1) is 11.7 Å². The first-order valence-corrected chi connectivity index (χ1v) is 7.74. The van der Waals surface area contributed by atoms with E-state index >= 15 is 0 Å². The van der Waals surface area contributed by atoms with Crippen LogP contribution in [-0.4, -0.2) is 39.2 Å². The van der Waals surface area contributed by atoms with Gasteiger partial charge in [-0.2, -0.15) is 15.7 Å². The first-order chi connectivity index (χ1) is 9.24. The minimum atomic E-state index is -0.549. The van der Waals surface area contributed by atoms with E-state index in [1.54, 1.807) is 17.5 Å². The van der Waals surface area contributed by atoms with Gasteiger partial charge in [-0.1, -0.05) is 0 Å². The van der Waals surface area contributed by atoms with Gasteiger partial charge < -0.3 is 15.2 Å². The van der Waals surface area contributed by atoms with Crippen molar-refractivity contribution in [2.24, 2.45) is 0 Å². The molecule has 2 aromatic rings. The molecule has 0 spiro atoms. The topological polar surface area (TPSA) is 67.3 Å². The van der Waals surface area contributed by atoms with E-state index in [0.29, 0.717) is 18.5 Å². The molecule has 5 nitrogen and oxygen atoms in total. The number of hydrogen-bond donors (Lipinski definition) is 2. The molecule has 0 aromatic carbocycles. The van der Waals surface area contributed by atoms with Crippen molar-refractivity contribution in [1.29, 1.82) is 0 Å². The predicted octanol–water partition coefficient (Wildman–Crippen LogP) is 1.56. The second-order valence-electron chi connectivity index (χ2n) is 4.36. The van der Waals surface area contributed by atoms with E-state index in [2.05, 4.69) is 37.8 Å². The first kappa shape index (κ1) is 14.4. The minimum absolute atomic E-state index is 0.226. The van der Waals surface area contributed by atoms with Gasteiger partial charge >= 0.3 is 0 Å². The van der Waals surface area contributed by atoms with E-state index in [4.69, 9.17) is 4.74 Å². The Hall–Kier alpha value is -1.02. The van der Waals surface area contributed by atoms with Crippen LogP contribution >= 0.6 is 23.1 Å². The summed E-state index contributed by atoms with van der Waals surface area (Å²) in [5.74, 6) is 0.468. The molecular weight excluding hydrogens is 282 g/mol. The lowest BCUT2D eigenvalue weighted by atomic mass is 10.1. The summed E-state index contributed by atoms with van der Waals surface area (Å²) >= 11 is 2.79. The van der Waals surface area contributed by atoms with E-state index in [1.165, 1.54) is 5.56 Å². The second kappa shape index (κ2) is 7.54. The molecule has 2 unspecified atom stereocenters. The van der Waals surface area contributed by atoms with Crippen LogP contribution in [0.3, 0.4) is 0 Å². The lowest BCUT2D eigenvalue weighted by Crippen LogP contribution is -2.37. The van der Waals surface area contributed by atoms with E-state index in [1.807, 2.05) is 0 Å². The quantitative estimate of drug-likeness (QED) is 0.774. The van der Waals surface area contributed by atoms with E-state index in [0.717, 1.165) is 18.1 Å². The fourth-order valence-corrected chi connectivity index (χ4v) is 2.68. The van der Waals surface area contributed by atoms with E-state index < -0.39 is 6.10 Å². The van der Waals surface area contributed by atoms with Gasteiger partial charge in [0.15, 0.2) is 0 Å². The molecule has 0 amide bonds. The highest BCUT2D eigenvalue weighted by Crippen LogP contribution is 2.08. The van der Waals surface area contributed by atoms with E-state index in [-0.39, 0.29) is 6.61 Å². The molecule has 0 aliphatic rings. The third-order valence-electron chi connectivity index (χ3n) is 2.59. The van der Waals surface area contributed by atoms with Gasteiger partial charge in [-0.05, 0) is 35.7 Å². The van der Waals surface area contributed by atoms with Crippen LogP contribution in [0.15, 0.2) is 23.0 Å². The van der Waals surface area contributed by atoms with Crippen molar-refractivity contribution in [3.63, 3.8) is 0 Å². The largest absolute Gasteiger partial charge is 0.473 e. The van der Waals surface area contributed by atoms with Gasteiger partial charge in [-0.25, -0.2) is 0 Å². The van der Waals surface area contributed by atoms with Crippen LogP contribution in [-0.2, 0) is 6.42 Å². The normalized spacial score (nSPS) is 14.2. The zero-order valence-electron chi connectivity index (χ0n) is 10.7. The Morgan fingerprint density at radius 2 is 2.42 bits per heavy atom. The predicted molar refractivity (Wildman–Crippen MR) is 76.9 cm³/mol. The molecule has 104 valence electrons. The van der Waals surface area contributed by atoms with Crippen molar-refractivity contribution in [3.05, 3.63) is 28.6 Å². The summed E-state index contributed by atoms with van der Waals surface area (Å²) in [7, 11) is 0. The Morgan fingerprint density at radius 1 is 1.53 bits per heavy atom. The average Bonchev–Trinajstić information content (AvgIpc) is 3.06. The number of ether oxygens (including phenoxy) is 1. The number of aliphatic hydroxyl groups is 1. The van der Waals surface area contributed by atoms with Gasteiger partial charge in [-0.15, -0.1) is 4.37 Å². The molecule has 0 saturated carbocycles. The maximum atomic E-state index is 9.79. The summed E-state index contributed by atoms with van der Waals surface area (Å²) in [5.41, 5.74) is 1.32. The first-order valence-electron chi connectivity index (χ1n) is 6.07. The Bertz CT molecular complexity index is 448. The maximum absolute atomic E-state index is 9.79. The SMILES string of the molecule is CC(Cc1ccsc1)NCC(O)COc1cnsn1. The number of nitrogens with one attached hydrogen (secondary N) is 1. The number of aliphatic hydroxyl groups excluding tert-OH is 1. The number of nitrogens with zero attached hydrogens (tertiary/aromatic N) is 2. The molecule has 0 bridgehead atoms. The highest BCUT2D eigenvalue weighted by Gasteiger charge is 2.09. The number of rotatable bonds is 8. The van der Waals surface area contributed by atoms with Gasteiger partial charge in [0.2, 0.25) is 5.88 Å². The lowest BCUT2D eigenvalue weighted by Gasteiger charge is -2.16. The van der Waals surface area contributed by atoms with E-state index in [9.17, 15) is 5.11 Å².